The molecule has 7 nitrogen and oxygen atoms in total. The van der Waals surface area contributed by atoms with Crippen molar-refractivity contribution in [1.82, 2.24) is 5.32 Å². The van der Waals surface area contributed by atoms with Crippen molar-refractivity contribution >= 4 is 18.1 Å². The summed E-state index contributed by atoms with van der Waals surface area (Å²) in [6.07, 6.45) is -0.179. The second kappa shape index (κ2) is 7.22. The van der Waals surface area contributed by atoms with E-state index in [0.29, 0.717) is 11.8 Å². The number of aldehydes is 1. The van der Waals surface area contributed by atoms with Crippen LogP contribution in [0.2, 0.25) is 0 Å². The lowest BCUT2D eigenvalue weighted by molar-refractivity contribution is -0.385. The van der Waals surface area contributed by atoms with E-state index >= 15 is 0 Å². The van der Waals surface area contributed by atoms with E-state index in [4.69, 9.17) is 4.74 Å². The molecule has 0 saturated carbocycles. The van der Waals surface area contributed by atoms with Gasteiger partial charge in [0.05, 0.1) is 17.0 Å². The van der Waals surface area contributed by atoms with Gasteiger partial charge in [-0.3, -0.25) is 14.9 Å². The molecular formula is C15H16N2O5. The van der Waals surface area contributed by atoms with Gasteiger partial charge in [-0.15, -0.1) is 0 Å². The van der Waals surface area contributed by atoms with Crippen molar-refractivity contribution in [3.8, 4) is 11.8 Å². The molecule has 0 aromatic heterocycles. The minimum absolute atomic E-state index is 0.0445. The van der Waals surface area contributed by atoms with Crippen LogP contribution >= 0.6 is 0 Å². The van der Waals surface area contributed by atoms with E-state index in [1.165, 1.54) is 18.2 Å². The van der Waals surface area contributed by atoms with Crippen LogP contribution in [-0.2, 0) is 4.74 Å². The molecule has 0 aliphatic carbocycles. The van der Waals surface area contributed by atoms with Gasteiger partial charge in [-0.2, -0.15) is 0 Å². The maximum atomic E-state index is 11.4. The number of nitro benzene ring substituents is 1. The van der Waals surface area contributed by atoms with Crippen LogP contribution in [0, 0.1) is 22.0 Å². The van der Waals surface area contributed by atoms with E-state index in [1.807, 2.05) is 0 Å². The average molecular weight is 304 g/mol. The van der Waals surface area contributed by atoms with Crippen molar-refractivity contribution < 1.29 is 19.2 Å². The van der Waals surface area contributed by atoms with Crippen molar-refractivity contribution in [1.29, 1.82) is 0 Å². The molecule has 0 bridgehead atoms. The lowest BCUT2D eigenvalue weighted by Gasteiger charge is -2.18. The molecule has 0 aliphatic rings. The number of nitrogens with one attached hydrogen (secondary N) is 1. The number of benzene rings is 1. The van der Waals surface area contributed by atoms with Crippen LogP contribution in [0.4, 0.5) is 10.5 Å². The van der Waals surface area contributed by atoms with Crippen LogP contribution < -0.4 is 5.32 Å². The molecule has 0 aliphatic heterocycles. The number of nitrogens with zero attached hydrogens (tertiary/aromatic N) is 1. The van der Waals surface area contributed by atoms with Gasteiger partial charge in [-0.1, -0.05) is 11.8 Å². The highest BCUT2D eigenvalue weighted by Gasteiger charge is 2.15. The Morgan fingerprint density at radius 2 is 2.14 bits per heavy atom. The predicted molar refractivity (Wildman–Crippen MR) is 79.6 cm³/mol. The predicted octanol–water partition coefficient (Wildman–Crippen LogP) is 2.28. The zero-order chi connectivity index (χ0) is 16.8. The highest BCUT2D eigenvalue weighted by Crippen LogP contribution is 2.17. The van der Waals surface area contributed by atoms with Gasteiger partial charge in [0.1, 0.15) is 5.60 Å². The van der Waals surface area contributed by atoms with Crippen LogP contribution in [0.1, 0.15) is 36.7 Å². The number of carbonyl (C=O) groups excluding carboxylic acids is 2. The monoisotopic (exact) mass is 304 g/mol. The van der Waals surface area contributed by atoms with Gasteiger partial charge in [-0.05, 0) is 32.9 Å². The molecule has 1 aromatic rings. The first-order valence-corrected chi connectivity index (χ1v) is 6.42. The first kappa shape index (κ1) is 17.2. The van der Waals surface area contributed by atoms with Crippen LogP contribution in [0.15, 0.2) is 18.2 Å². The van der Waals surface area contributed by atoms with Crippen LogP contribution in [0.3, 0.4) is 0 Å². The first-order valence-electron chi connectivity index (χ1n) is 6.42. The molecule has 1 amide bonds. The van der Waals surface area contributed by atoms with Crippen molar-refractivity contribution in [2.45, 2.75) is 26.4 Å². The lowest BCUT2D eigenvalue weighted by Crippen LogP contribution is -2.32. The number of ether oxygens (including phenoxy) is 1. The van der Waals surface area contributed by atoms with Crippen molar-refractivity contribution in [2.75, 3.05) is 6.54 Å². The number of rotatable bonds is 3. The van der Waals surface area contributed by atoms with Crippen LogP contribution in [0.5, 0.6) is 0 Å². The minimum Gasteiger partial charge on any atom is -0.444 e. The third kappa shape index (κ3) is 5.63. The van der Waals surface area contributed by atoms with E-state index < -0.39 is 16.6 Å². The average Bonchev–Trinajstić information content (AvgIpc) is 2.41. The maximum Gasteiger partial charge on any atom is 0.408 e. The summed E-state index contributed by atoms with van der Waals surface area (Å²) < 4.78 is 5.03. The highest BCUT2D eigenvalue weighted by atomic mass is 16.6. The first-order chi connectivity index (χ1) is 10.2. The molecular weight excluding hydrogens is 288 g/mol. The van der Waals surface area contributed by atoms with Crippen molar-refractivity contribution in [3.63, 3.8) is 0 Å². The highest BCUT2D eigenvalue weighted by molar-refractivity contribution is 5.82. The summed E-state index contributed by atoms with van der Waals surface area (Å²) in [5.41, 5.74) is -0.461. The molecule has 0 spiro atoms. The largest absolute Gasteiger partial charge is 0.444 e. The Morgan fingerprint density at radius 3 is 2.68 bits per heavy atom. The fourth-order valence-corrected chi connectivity index (χ4v) is 1.47. The Bertz CT molecular complexity index is 650. The Hall–Kier alpha value is -2.88. The summed E-state index contributed by atoms with van der Waals surface area (Å²) in [5, 5.41) is 13.1. The molecule has 1 N–H and O–H groups in total. The summed E-state index contributed by atoms with van der Waals surface area (Å²) in [6.45, 7) is 5.30. The fourth-order valence-electron chi connectivity index (χ4n) is 1.47. The van der Waals surface area contributed by atoms with E-state index in [9.17, 15) is 19.7 Å². The molecule has 0 fully saturated rings. The Kier molecular flexibility index (Phi) is 5.64. The molecule has 0 saturated heterocycles. The third-order valence-corrected chi connectivity index (χ3v) is 2.30. The number of hydrogen-bond donors (Lipinski definition) is 1. The summed E-state index contributed by atoms with van der Waals surface area (Å²) in [6, 6.07) is 3.98. The van der Waals surface area contributed by atoms with E-state index in [2.05, 4.69) is 17.2 Å². The molecule has 116 valence electrons. The van der Waals surface area contributed by atoms with Crippen molar-refractivity contribution in [2.24, 2.45) is 0 Å². The second-order valence-corrected chi connectivity index (χ2v) is 5.31. The van der Waals surface area contributed by atoms with Crippen molar-refractivity contribution in [3.05, 3.63) is 39.4 Å². The molecule has 0 radical (unpaired) electrons. The smallest absolute Gasteiger partial charge is 0.408 e. The van der Waals surface area contributed by atoms with E-state index in [1.54, 1.807) is 20.8 Å². The SMILES string of the molecule is CC(C)(C)OC(=O)NCC#Cc1ccc([N+](=O)[O-])c(C=O)c1. The lowest BCUT2D eigenvalue weighted by atomic mass is 10.1. The molecule has 1 rings (SSSR count). The zero-order valence-corrected chi connectivity index (χ0v) is 12.5. The van der Waals surface area contributed by atoms with E-state index in [0.717, 1.165) is 0 Å². The quantitative estimate of drug-likeness (QED) is 0.400. The van der Waals surface area contributed by atoms with Crippen LogP contribution in [-0.4, -0.2) is 29.4 Å². The summed E-state index contributed by atoms with van der Waals surface area (Å²) in [7, 11) is 0. The molecule has 0 unspecified atom stereocenters. The third-order valence-electron chi connectivity index (χ3n) is 2.30. The van der Waals surface area contributed by atoms with Gasteiger partial charge in [-0.25, -0.2) is 4.79 Å². The number of carbonyl (C=O) groups is 2. The molecule has 7 heteroatoms. The van der Waals surface area contributed by atoms with Gasteiger partial charge in [0, 0.05) is 11.6 Å². The summed E-state index contributed by atoms with van der Waals surface area (Å²) in [5.74, 6) is 5.37. The Balaban J connectivity index is 2.68. The number of alkyl carbamates (subject to hydrolysis) is 1. The standard InChI is InChI=1S/C15H16N2O5/c1-15(2,3)22-14(19)16-8-4-5-11-6-7-13(17(20)21)12(9-11)10-18/h6-7,9-10H,8H2,1-3H3,(H,16,19). The second-order valence-electron chi connectivity index (χ2n) is 5.31. The van der Waals surface area contributed by atoms with E-state index in [-0.39, 0.29) is 17.8 Å². The molecule has 1 aromatic carbocycles. The zero-order valence-electron chi connectivity index (χ0n) is 12.5. The normalized spacial score (nSPS) is 10.1. The Morgan fingerprint density at radius 1 is 1.45 bits per heavy atom. The summed E-state index contributed by atoms with van der Waals surface area (Å²) in [4.78, 5) is 32.2. The van der Waals surface area contributed by atoms with Gasteiger partial charge < -0.3 is 10.1 Å². The fraction of sp³-hybridized carbons (Fsp3) is 0.333. The maximum absolute atomic E-state index is 11.4. The topological polar surface area (TPSA) is 98.5 Å². The number of amides is 1. The minimum atomic E-state index is -0.634. The number of hydrogen-bond acceptors (Lipinski definition) is 5. The summed E-state index contributed by atoms with van der Waals surface area (Å²) >= 11 is 0. The van der Waals surface area contributed by atoms with Gasteiger partial charge in [0.15, 0.2) is 6.29 Å². The van der Waals surface area contributed by atoms with Gasteiger partial charge in [0.25, 0.3) is 5.69 Å². The van der Waals surface area contributed by atoms with Gasteiger partial charge in [0.2, 0.25) is 0 Å². The molecule has 0 heterocycles. The van der Waals surface area contributed by atoms with Crippen LogP contribution in [0.25, 0.3) is 0 Å². The molecule has 22 heavy (non-hydrogen) atoms. The van der Waals surface area contributed by atoms with Gasteiger partial charge >= 0.3 is 6.09 Å². The number of nitro groups is 1. The Labute approximate surface area is 127 Å². The molecule has 0 atom stereocenters.